The fraction of sp³-hybridized carbons (Fsp3) is 0.545. The quantitative estimate of drug-likeness (QED) is 0.644. The summed E-state index contributed by atoms with van der Waals surface area (Å²) in [6.07, 6.45) is 8.75. The highest BCUT2D eigenvalue weighted by atomic mass is 14.9. The molecule has 0 radical (unpaired) electrons. The molecule has 2 nitrogen and oxygen atoms in total. The van der Waals surface area contributed by atoms with Gasteiger partial charge in [-0.15, -0.1) is 0 Å². The number of rotatable bonds is 2. The van der Waals surface area contributed by atoms with E-state index >= 15 is 0 Å². The summed E-state index contributed by atoms with van der Waals surface area (Å²) < 4.78 is 0. The highest BCUT2D eigenvalue weighted by molar-refractivity contribution is 5.69. The Balaban J connectivity index is 2.04. The monoisotopic (exact) mass is 176 g/mol. The lowest BCUT2D eigenvalue weighted by Crippen LogP contribution is -1.98. The average molecular weight is 176 g/mol. The summed E-state index contributed by atoms with van der Waals surface area (Å²) in [6, 6.07) is 0. The molecule has 0 aromatic rings. The van der Waals surface area contributed by atoms with E-state index in [1.54, 1.807) is 11.1 Å². The third-order valence-electron chi connectivity index (χ3n) is 2.84. The highest BCUT2D eigenvalue weighted by Crippen LogP contribution is 2.40. The van der Waals surface area contributed by atoms with Gasteiger partial charge in [0.1, 0.15) is 5.82 Å². The summed E-state index contributed by atoms with van der Waals surface area (Å²) in [6.45, 7) is 2.22. The molecule has 2 heteroatoms. The number of aliphatic imine (C=N–C) groups is 1. The Morgan fingerprint density at radius 3 is 3.15 bits per heavy atom. The normalized spacial score (nSPS) is 27.2. The molecule has 0 spiro atoms. The lowest BCUT2D eigenvalue weighted by atomic mass is 10.0. The van der Waals surface area contributed by atoms with Crippen LogP contribution in [-0.4, -0.2) is 6.21 Å². The van der Waals surface area contributed by atoms with Gasteiger partial charge < -0.3 is 5.73 Å². The number of allylic oxidation sites excluding steroid dienone is 3. The molecule has 2 rings (SSSR count). The lowest BCUT2D eigenvalue weighted by Gasteiger charge is -2.02. The van der Waals surface area contributed by atoms with E-state index in [4.69, 9.17) is 5.73 Å². The van der Waals surface area contributed by atoms with E-state index < -0.39 is 0 Å². The van der Waals surface area contributed by atoms with Crippen molar-refractivity contribution < 1.29 is 0 Å². The summed E-state index contributed by atoms with van der Waals surface area (Å²) >= 11 is 0. The van der Waals surface area contributed by atoms with Crippen molar-refractivity contribution in [3.8, 4) is 0 Å². The zero-order valence-electron chi connectivity index (χ0n) is 8.09. The lowest BCUT2D eigenvalue weighted by molar-refractivity contribution is 0.751. The van der Waals surface area contributed by atoms with Gasteiger partial charge in [-0.3, -0.25) is 0 Å². The van der Waals surface area contributed by atoms with E-state index in [2.05, 4.69) is 11.9 Å². The molecule has 0 fully saturated rings. The van der Waals surface area contributed by atoms with Crippen molar-refractivity contribution in [3.05, 3.63) is 23.0 Å². The second kappa shape index (κ2) is 3.36. The van der Waals surface area contributed by atoms with Crippen molar-refractivity contribution in [1.82, 2.24) is 0 Å². The van der Waals surface area contributed by atoms with Crippen LogP contribution in [0.15, 0.2) is 28.0 Å². The zero-order valence-corrected chi connectivity index (χ0v) is 8.09. The van der Waals surface area contributed by atoms with E-state index in [0.29, 0.717) is 11.7 Å². The number of hydrogen-bond donors (Lipinski definition) is 1. The summed E-state index contributed by atoms with van der Waals surface area (Å²) in [7, 11) is 0. The Morgan fingerprint density at radius 1 is 1.62 bits per heavy atom. The molecule has 0 saturated heterocycles. The van der Waals surface area contributed by atoms with Crippen LogP contribution >= 0.6 is 0 Å². The Bertz CT molecular complexity index is 297. The molecule has 1 aliphatic carbocycles. The fourth-order valence-electron chi connectivity index (χ4n) is 1.91. The van der Waals surface area contributed by atoms with Crippen molar-refractivity contribution in [2.45, 2.75) is 32.6 Å². The van der Waals surface area contributed by atoms with Crippen LogP contribution in [0.2, 0.25) is 0 Å². The van der Waals surface area contributed by atoms with E-state index in [-0.39, 0.29) is 0 Å². The largest absolute Gasteiger partial charge is 0.384 e. The minimum atomic E-state index is 0.576. The minimum Gasteiger partial charge on any atom is -0.384 e. The molecule has 13 heavy (non-hydrogen) atoms. The van der Waals surface area contributed by atoms with Gasteiger partial charge in [0.25, 0.3) is 0 Å². The summed E-state index contributed by atoms with van der Waals surface area (Å²) in [5.41, 5.74) is 8.89. The summed E-state index contributed by atoms with van der Waals surface area (Å²) in [5, 5.41) is 0. The first-order valence-corrected chi connectivity index (χ1v) is 5.02. The first-order chi connectivity index (χ1) is 6.31. The Kier molecular flexibility index (Phi) is 2.21. The maximum absolute atomic E-state index is 5.63. The van der Waals surface area contributed by atoms with E-state index in [1.165, 1.54) is 19.3 Å². The van der Waals surface area contributed by atoms with Crippen LogP contribution < -0.4 is 5.73 Å². The molecule has 1 aliphatic heterocycles. The molecule has 1 atom stereocenters. The van der Waals surface area contributed by atoms with Gasteiger partial charge in [0.2, 0.25) is 0 Å². The first kappa shape index (κ1) is 8.54. The van der Waals surface area contributed by atoms with Crippen LogP contribution in [0.25, 0.3) is 0 Å². The van der Waals surface area contributed by atoms with Crippen LogP contribution in [0.4, 0.5) is 0 Å². The predicted molar refractivity (Wildman–Crippen MR) is 55.4 cm³/mol. The van der Waals surface area contributed by atoms with Gasteiger partial charge >= 0.3 is 0 Å². The summed E-state index contributed by atoms with van der Waals surface area (Å²) in [5.74, 6) is 1.26. The van der Waals surface area contributed by atoms with Crippen LogP contribution in [0.5, 0.6) is 0 Å². The molecule has 70 valence electrons. The second-order valence-corrected chi connectivity index (χ2v) is 3.75. The van der Waals surface area contributed by atoms with Crippen molar-refractivity contribution in [1.29, 1.82) is 0 Å². The molecular weight excluding hydrogens is 160 g/mol. The fourth-order valence-corrected chi connectivity index (χ4v) is 1.91. The predicted octanol–water partition coefficient (Wildman–Crippen LogP) is 2.38. The molecule has 0 aromatic carbocycles. The number of nitrogens with two attached hydrogens (primary N) is 1. The van der Waals surface area contributed by atoms with Crippen molar-refractivity contribution in [2.75, 3.05) is 0 Å². The second-order valence-electron chi connectivity index (χ2n) is 3.75. The minimum absolute atomic E-state index is 0.576. The van der Waals surface area contributed by atoms with Crippen LogP contribution in [0, 0.1) is 5.92 Å². The van der Waals surface area contributed by atoms with Crippen molar-refractivity contribution in [3.63, 3.8) is 0 Å². The molecule has 0 bridgehead atoms. The SMILES string of the molecule is CCC1=C([C@@H]2C=NC(N)=CCC2)C1. The third-order valence-corrected chi connectivity index (χ3v) is 2.84. The van der Waals surface area contributed by atoms with E-state index in [9.17, 15) is 0 Å². The van der Waals surface area contributed by atoms with Crippen LogP contribution in [-0.2, 0) is 0 Å². The van der Waals surface area contributed by atoms with Gasteiger partial charge in [-0.1, -0.05) is 18.1 Å². The van der Waals surface area contributed by atoms with Crippen molar-refractivity contribution in [2.24, 2.45) is 16.6 Å². The van der Waals surface area contributed by atoms with Crippen LogP contribution in [0.1, 0.15) is 32.6 Å². The first-order valence-electron chi connectivity index (χ1n) is 5.02. The maximum Gasteiger partial charge on any atom is 0.118 e. The summed E-state index contributed by atoms with van der Waals surface area (Å²) in [4.78, 5) is 4.21. The Labute approximate surface area is 79.2 Å². The van der Waals surface area contributed by atoms with E-state index in [1.807, 2.05) is 12.3 Å². The molecule has 0 amide bonds. The molecule has 1 heterocycles. The van der Waals surface area contributed by atoms with Gasteiger partial charge in [0.05, 0.1) is 0 Å². The third kappa shape index (κ3) is 1.82. The standard InChI is InChI=1S/C11H16N2/c1-2-8-6-10(8)9-4-3-5-11(12)13-7-9/h5,7,9H,2-4,6,12H2,1H3/t9-/m0/s1. The number of nitrogens with zero attached hydrogens (tertiary/aromatic N) is 1. The van der Waals surface area contributed by atoms with Gasteiger partial charge in [-0.2, -0.15) is 0 Å². The zero-order chi connectivity index (χ0) is 9.26. The molecule has 2 aliphatic rings. The molecule has 2 N–H and O–H groups in total. The van der Waals surface area contributed by atoms with Crippen molar-refractivity contribution >= 4 is 6.21 Å². The van der Waals surface area contributed by atoms with E-state index in [0.717, 1.165) is 6.42 Å². The molecular formula is C11H16N2. The van der Waals surface area contributed by atoms with Gasteiger partial charge in [-0.25, -0.2) is 4.99 Å². The highest BCUT2D eigenvalue weighted by Gasteiger charge is 2.26. The number of hydrogen-bond acceptors (Lipinski definition) is 2. The molecule has 0 unspecified atom stereocenters. The van der Waals surface area contributed by atoms with Crippen LogP contribution in [0.3, 0.4) is 0 Å². The smallest absolute Gasteiger partial charge is 0.118 e. The Hall–Kier alpha value is -1.05. The van der Waals surface area contributed by atoms with Gasteiger partial charge in [0, 0.05) is 12.1 Å². The Morgan fingerprint density at radius 2 is 2.46 bits per heavy atom. The average Bonchev–Trinajstić information content (AvgIpc) is 2.88. The maximum atomic E-state index is 5.63. The van der Waals surface area contributed by atoms with Gasteiger partial charge in [-0.05, 0) is 31.8 Å². The van der Waals surface area contributed by atoms with Gasteiger partial charge in [0.15, 0.2) is 0 Å². The topological polar surface area (TPSA) is 38.4 Å². The molecule has 0 aromatic heterocycles. The molecule has 0 saturated carbocycles.